The largest absolute Gasteiger partial charge is 0.394 e. The summed E-state index contributed by atoms with van der Waals surface area (Å²) in [6.07, 6.45) is 3.04. The summed E-state index contributed by atoms with van der Waals surface area (Å²) in [7, 11) is -3.74. The number of hydrogen-bond donors (Lipinski definition) is 2. The molecule has 0 aliphatic rings. The van der Waals surface area contributed by atoms with Gasteiger partial charge in [-0.3, -0.25) is 0 Å². The van der Waals surface area contributed by atoms with E-state index in [1.165, 1.54) is 10.2 Å². The second kappa shape index (κ2) is 6.44. The van der Waals surface area contributed by atoms with Gasteiger partial charge in [-0.05, 0) is 48.0 Å². The second-order valence-electron chi connectivity index (χ2n) is 6.32. The molecule has 3 aromatic rings. The van der Waals surface area contributed by atoms with Crippen molar-refractivity contribution in [3.8, 4) is 0 Å². The first-order valence-corrected chi connectivity index (χ1v) is 9.85. The summed E-state index contributed by atoms with van der Waals surface area (Å²) >= 11 is 3.44. The molecule has 0 aliphatic heterocycles. The van der Waals surface area contributed by atoms with Crippen LogP contribution in [0.2, 0.25) is 0 Å². The number of hydrogen-bond acceptors (Lipinski definition) is 5. The van der Waals surface area contributed by atoms with Gasteiger partial charge in [-0.25, -0.2) is 17.4 Å². The third kappa shape index (κ3) is 3.29. The Labute approximate surface area is 154 Å². The summed E-state index contributed by atoms with van der Waals surface area (Å²) in [6, 6.07) is 9.92. The molecule has 2 heterocycles. The van der Waals surface area contributed by atoms with Crippen molar-refractivity contribution >= 4 is 42.7 Å². The highest BCUT2D eigenvalue weighted by Gasteiger charge is 2.24. The van der Waals surface area contributed by atoms with Gasteiger partial charge in [0.1, 0.15) is 0 Å². The zero-order valence-corrected chi connectivity index (χ0v) is 16.2. The van der Waals surface area contributed by atoms with Crippen molar-refractivity contribution in [3.63, 3.8) is 0 Å². The summed E-state index contributed by atoms with van der Waals surface area (Å²) in [6.45, 7) is 3.62. The van der Waals surface area contributed by atoms with Gasteiger partial charge in [-0.2, -0.15) is 0 Å². The first-order chi connectivity index (χ1) is 11.8. The molecule has 0 bridgehead atoms. The molecule has 0 amide bonds. The molecule has 0 unspecified atom stereocenters. The molecule has 0 atom stereocenters. The second-order valence-corrected chi connectivity index (χ2v) is 8.98. The SMILES string of the molecule is CC(C)(CO)Nc1c(Br)cnc2c1ccn2S(=O)(=O)c1ccccc1. The number of halogens is 1. The van der Waals surface area contributed by atoms with E-state index in [-0.39, 0.29) is 11.5 Å². The Morgan fingerprint density at radius 3 is 2.56 bits per heavy atom. The van der Waals surface area contributed by atoms with Gasteiger partial charge in [-0.15, -0.1) is 0 Å². The predicted octanol–water partition coefficient (Wildman–Crippen LogP) is 3.22. The highest BCUT2D eigenvalue weighted by Crippen LogP contribution is 2.33. The molecule has 25 heavy (non-hydrogen) atoms. The highest BCUT2D eigenvalue weighted by molar-refractivity contribution is 9.10. The molecule has 1 aromatic carbocycles. The summed E-state index contributed by atoms with van der Waals surface area (Å²) in [5.74, 6) is 0. The van der Waals surface area contributed by atoms with Crippen LogP contribution >= 0.6 is 15.9 Å². The van der Waals surface area contributed by atoms with Gasteiger partial charge in [0.05, 0.1) is 27.2 Å². The lowest BCUT2D eigenvalue weighted by molar-refractivity contribution is 0.234. The maximum Gasteiger partial charge on any atom is 0.269 e. The number of pyridine rings is 1. The van der Waals surface area contributed by atoms with E-state index in [0.29, 0.717) is 21.2 Å². The lowest BCUT2D eigenvalue weighted by atomic mass is 10.1. The molecule has 0 fully saturated rings. The molecule has 8 heteroatoms. The van der Waals surface area contributed by atoms with Crippen LogP contribution in [-0.2, 0) is 10.0 Å². The van der Waals surface area contributed by atoms with Crippen molar-refractivity contribution in [1.29, 1.82) is 0 Å². The minimum absolute atomic E-state index is 0.0771. The minimum Gasteiger partial charge on any atom is -0.394 e. The van der Waals surface area contributed by atoms with E-state index >= 15 is 0 Å². The lowest BCUT2D eigenvalue weighted by Crippen LogP contribution is -2.35. The molecule has 0 radical (unpaired) electrons. The number of nitrogens with zero attached hydrogens (tertiary/aromatic N) is 2. The maximum atomic E-state index is 12.9. The third-order valence-electron chi connectivity index (χ3n) is 3.79. The van der Waals surface area contributed by atoms with E-state index in [1.54, 1.807) is 42.6 Å². The lowest BCUT2D eigenvalue weighted by Gasteiger charge is -2.26. The van der Waals surface area contributed by atoms with Crippen molar-refractivity contribution in [2.45, 2.75) is 24.3 Å². The number of benzene rings is 1. The van der Waals surface area contributed by atoms with Crippen molar-refractivity contribution < 1.29 is 13.5 Å². The smallest absolute Gasteiger partial charge is 0.269 e. The summed E-state index contributed by atoms with van der Waals surface area (Å²) in [5, 5.41) is 13.4. The third-order valence-corrected chi connectivity index (χ3v) is 6.07. The highest BCUT2D eigenvalue weighted by atomic mass is 79.9. The van der Waals surface area contributed by atoms with Crippen LogP contribution in [-0.4, -0.2) is 34.6 Å². The number of aromatic nitrogens is 2. The molecule has 2 aromatic heterocycles. The maximum absolute atomic E-state index is 12.9. The van der Waals surface area contributed by atoms with Gasteiger partial charge < -0.3 is 10.4 Å². The molecule has 0 saturated heterocycles. The number of rotatable bonds is 5. The fourth-order valence-electron chi connectivity index (χ4n) is 2.44. The molecule has 0 saturated carbocycles. The van der Waals surface area contributed by atoms with Gasteiger partial charge in [-0.1, -0.05) is 18.2 Å². The van der Waals surface area contributed by atoms with E-state index in [2.05, 4.69) is 26.2 Å². The van der Waals surface area contributed by atoms with Crippen LogP contribution in [0, 0.1) is 0 Å². The van der Waals surface area contributed by atoms with Crippen molar-refractivity contribution in [2.24, 2.45) is 0 Å². The van der Waals surface area contributed by atoms with Crippen molar-refractivity contribution in [2.75, 3.05) is 11.9 Å². The first-order valence-electron chi connectivity index (χ1n) is 7.61. The average molecular weight is 424 g/mol. The minimum atomic E-state index is -3.74. The van der Waals surface area contributed by atoms with Crippen molar-refractivity contribution in [1.82, 2.24) is 8.96 Å². The number of aliphatic hydroxyl groups excluding tert-OH is 1. The zero-order chi connectivity index (χ0) is 18.2. The Hall–Kier alpha value is -1.90. The van der Waals surface area contributed by atoms with E-state index < -0.39 is 15.6 Å². The van der Waals surface area contributed by atoms with E-state index in [0.717, 1.165) is 0 Å². The Morgan fingerprint density at radius 1 is 1.24 bits per heavy atom. The fraction of sp³-hybridized carbons (Fsp3) is 0.235. The quantitative estimate of drug-likeness (QED) is 0.657. The Bertz CT molecular complexity index is 1010. The molecule has 6 nitrogen and oxygen atoms in total. The Kier molecular flexibility index (Phi) is 4.61. The number of fused-ring (bicyclic) bond motifs is 1. The first kappa shape index (κ1) is 17.9. The van der Waals surface area contributed by atoms with Gasteiger partial charge >= 0.3 is 0 Å². The standard InChI is InChI=1S/C17H18BrN3O3S/c1-17(2,11-22)20-15-13-8-9-21(16(13)19-10-14(15)18)25(23,24)12-6-4-3-5-7-12/h3-10,22H,11H2,1-2H3,(H,19,20). The van der Waals surface area contributed by atoms with E-state index in [1.807, 2.05) is 13.8 Å². The normalized spacial score (nSPS) is 12.5. The van der Waals surface area contributed by atoms with Gasteiger partial charge in [0, 0.05) is 17.8 Å². The molecular weight excluding hydrogens is 406 g/mol. The van der Waals surface area contributed by atoms with Crippen LogP contribution in [0.15, 0.2) is 58.2 Å². The summed E-state index contributed by atoms with van der Waals surface area (Å²) in [5.41, 5.74) is 0.436. The van der Waals surface area contributed by atoms with Gasteiger partial charge in [0.2, 0.25) is 0 Å². The fourth-order valence-corrected chi connectivity index (χ4v) is 4.18. The van der Waals surface area contributed by atoms with Gasteiger partial charge in [0.25, 0.3) is 10.0 Å². The molecular formula is C17H18BrN3O3S. The molecule has 3 rings (SSSR count). The summed E-state index contributed by atoms with van der Waals surface area (Å²) in [4.78, 5) is 4.48. The van der Waals surface area contributed by atoms with Crippen LogP contribution in [0.25, 0.3) is 11.0 Å². The zero-order valence-electron chi connectivity index (χ0n) is 13.8. The van der Waals surface area contributed by atoms with Crippen LogP contribution in [0.5, 0.6) is 0 Å². The predicted molar refractivity (Wildman–Crippen MR) is 101 cm³/mol. The molecule has 0 spiro atoms. The topological polar surface area (TPSA) is 84.2 Å². The van der Waals surface area contributed by atoms with Crippen LogP contribution in [0.1, 0.15) is 13.8 Å². The molecule has 132 valence electrons. The average Bonchev–Trinajstić information content (AvgIpc) is 3.03. The monoisotopic (exact) mass is 423 g/mol. The van der Waals surface area contributed by atoms with Crippen LogP contribution in [0.4, 0.5) is 5.69 Å². The Morgan fingerprint density at radius 2 is 1.92 bits per heavy atom. The number of nitrogens with one attached hydrogen (secondary N) is 1. The number of anilines is 1. The van der Waals surface area contributed by atoms with E-state index in [4.69, 9.17) is 0 Å². The molecule has 2 N–H and O–H groups in total. The number of aliphatic hydroxyl groups is 1. The van der Waals surface area contributed by atoms with Gasteiger partial charge in [0.15, 0.2) is 5.65 Å². The van der Waals surface area contributed by atoms with Crippen molar-refractivity contribution in [3.05, 3.63) is 53.3 Å². The van der Waals surface area contributed by atoms with Crippen LogP contribution < -0.4 is 5.32 Å². The van der Waals surface area contributed by atoms with Crippen LogP contribution in [0.3, 0.4) is 0 Å². The molecule has 0 aliphatic carbocycles. The van der Waals surface area contributed by atoms with E-state index in [9.17, 15) is 13.5 Å². The Balaban J connectivity index is 2.18. The summed E-state index contributed by atoms with van der Waals surface area (Å²) < 4.78 is 27.7.